The molecule has 12 nitrogen and oxygen atoms in total. The number of hydrogen-bond acceptors (Lipinski definition) is 12. The molecule has 1 aliphatic rings. The van der Waals surface area contributed by atoms with Gasteiger partial charge < -0.3 is 59.4 Å². The van der Waals surface area contributed by atoms with Crippen LogP contribution in [0.5, 0.6) is 0 Å². The average Bonchev–Trinajstić information content (AvgIpc) is 2.72. The first kappa shape index (κ1) is 48.7. The molecule has 18 heteroatoms. The van der Waals surface area contributed by atoms with E-state index in [-0.39, 0.29) is 308 Å². The van der Waals surface area contributed by atoms with Crippen molar-refractivity contribution in [1.29, 1.82) is 0 Å². The van der Waals surface area contributed by atoms with Crippen molar-refractivity contribution < 1.29 is 368 Å². The van der Waals surface area contributed by atoms with Crippen molar-refractivity contribution in [2.45, 2.75) is 6.42 Å². The second kappa shape index (κ2) is 20.6. The van der Waals surface area contributed by atoms with E-state index in [4.69, 9.17) is 0 Å². The fraction of sp³-hybridized carbons (Fsp3) is 0.455. The van der Waals surface area contributed by atoms with Gasteiger partial charge in [0.25, 0.3) is 0 Å². The fourth-order valence-electron chi connectivity index (χ4n) is 2.87. The predicted octanol–water partition coefficient (Wildman–Crippen LogP) is -27.9. The molecule has 0 aromatic rings. The first-order valence-corrected chi connectivity index (χ1v) is 5.64. The maximum absolute atomic E-state index is 11.1. The second-order valence-electron chi connectivity index (χ2n) is 4.86. The van der Waals surface area contributed by atoms with Gasteiger partial charge in [0.1, 0.15) is 0 Å². The third kappa shape index (κ3) is 10.0. The van der Waals surface area contributed by atoms with Crippen LogP contribution in [0, 0.1) is 22.7 Å². The van der Waals surface area contributed by atoms with Gasteiger partial charge in [-0.15, -0.1) is 0 Å². The van der Waals surface area contributed by atoms with E-state index in [1.807, 2.05) is 0 Å². The topological polar surface area (TPSA) is 241 Å². The summed E-state index contributed by atoms with van der Waals surface area (Å²) in [5.41, 5.74) is -7.66. The smallest absolute Gasteiger partial charge is 0.550 e. The van der Waals surface area contributed by atoms with Crippen molar-refractivity contribution in [3.05, 3.63) is 0 Å². The van der Waals surface area contributed by atoms with Gasteiger partial charge in [-0.05, 0) is 6.42 Å². The molecule has 0 spiro atoms. The van der Waals surface area contributed by atoms with Crippen LogP contribution in [0.2, 0.25) is 0 Å². The van der Waals surface area contributed by atoms with E-state index >= 15 is 0 Å². The number of carboxylic acid groups (broad SMARTS) is 6. The van der Waals surface area contributed by atoms with Gasteiger partial charge in [0.15, 0.2) is 0 Å². The summed E-state index contributed by atoms with van der Waals surface area (Å²) in [6, 6.07) is 0. The largest absolute Gasteiger partial charge is 1.00 e. The van der Waals surface area contributed by atoms with Crippen molar-refractivity contribution in [3.8, 4) is 0 Å². The Hall–Kier alpha value is 6.64. The third-order valence-corrected chi connectivity index (χ3v) is 3.92. The minimum Gasteiger partial charge on any atom is -0.550 e. The molecule has 0 aromatic carbocycles. The van der Waals surface area contributed by atoms with Gasteiger partial charge in [-0.2, -0.15) is 0 Å². The van der Waals surface area contributed by atoms with E-state index in [0.29, 0.717) is 0 Å². The average molecular weight is 563 g/mol. The molecular weight excluding hydrogens is 559 g/mol. The predicted molar refractivity (Wildman–Crippen MR) is 46.5 cm³/mol. The summed E-state index contributed by atoms with van der Waals surface area (Å²) < 4.78 is 0. The zero-order chi connectivity index (χ0) is 18.3. The summed E-state index contributed by atoms with van der Waals surface area (Å²) in [5, 5.41) is 66.6. The van der Waals surface area contributed by atoms with Crippen molar-refractivity contribution in [1.82, 2.24) is 0 Å². The summed E-state index contributed by atoms with van der Waals surface area (Å²) in [6.07, 6.45) is -2.06. The third-order valence-electron chi connectivity index (χ3n) is 3.92. The molecule has 0 aliphatic heterocycles. The van der Waals surface area contributed by atoms with E-state index in [2.05, 4.69) is 0 Å². The number of aliphatic carboxylic acids is 6. The normalized spacial score (nSPS) is 19.4. The zero-order valence-electron chi connectivity index (χ0n) is 16.8. The van der Waals surface area contributed by atoms with Crippen LogP contribution < -0.4 is 339 Å². The molecule has 0 heterocycles. The van der Waals surface area contributed by atoms with Crippen molar-refractivity contribution >= 4 is 35.8 Å². The maximum atomic E-state index is 11.1. The Balaban J connectivity index is -0.000000220. The van der Waals surface area contributed by atoms with Crippen LogP contribution in [0.25, 0.3) is 0 Å². The number of carbonyl (C=O) groups excluding carboxylic acids is 6. The van der Waals surface area contributed by atoms with Crippen molar-refractivity contribution in [2.24, 2.45) is 22.7 Å². The molecule has 1 aliphatic carbocycles. The molecule has 1 fully saturated rings. The van der Waals surface area contributed by atoms with E-state index < -0.39 is 64.9 Å². The van der Waals surface area contributed by atoms with Gasteiger partial charge in [0.2, 0.25) is 0 Å². The zero-order valence-corrected chi connectivity index (χ0v) is 35.5. The molecule has 0 saturated heterocycles. The van der Waals surface area contributed by atoms with Crippen molar-refractivity contribution in [3.63, 3.8) is 0 Å². The van der Waals surface area contributed by atoms with Gasteiger partial charge >= 0.3 is 308 Å². The number of rotatable bonds is 6. The van der Waals surface area contributed by atoms with Gasteiger partial charge in [0.05, 0.1) is 34.7 Å². The molecule has 126 valence electrons. The van der Waals surface area contributed by atoms with Crippen LogP contribution in [0.3, 0.4) is 0 Å². The number of carboxylic acids is 6. The summed E-state index contributed by atoms with van der Waals surface area (Å²) in [5.74, 6) is -22.8. The Morgan fingerprint density at radius 2 is 0.655 bits per heavy atom. The first-order valence-electron chi connectivity index (χ1n) is 5.64. The fourth-order valence-corrected chi connectivity index (χ4v) is 2.87. The Labute approximate surface area is 419 Å². The van der Waals surface area contributed by atoms with Crippen LogP contribution in [0.1, 0.15) is 6.42 Å². The molecule has 2 unspecified atom stereocenters. The minimum atomic E-state index is -3.83. The Morgan fingerprint density at radius 1 is 0.483 bits per heavy atom. The Kier molecular flexibility index (Phi) is 34.5. The van der Waals surface area contributed by atoms with Gasteiger partial charge in [-0.25, -0.2) is 0 Å². The van der Waals surface area contributed by atoms with Crippen LogP contribution in [-0.4, -0.2) is 35.8 Å². The molecule has 0 bridgehead atoms. The monoisotopic (exact) mass is 562 g/mol. The van der Waals surface area contributed by atoms with Crippen LogP contribution in [0.15, 0.2) is 0 Å². The second-order valence-corrected chi connectivity index (χ2v) is 4.86. The van der Waals surface area contributed by atoms with Crippen LogP contribution in [-0.2, 0) is 28.8 Å². The molecule has 29 heavy (non-hydrogen) atoms. The molecule has 1 rings (SSSR count). The standard InChI is InChI=1S/C11H10O12.6K/c12-4(13)2-3(5(14)15)11(8(20)21,9(22)23)1-10(2,6(16)17)7(18)19;;;;;;/h2-3H,1H2,(H,12,13)(H,14,15)(H,16,17)(H,18,19)(H,20,21)(H,22,23);;;;;;/q;6*+1/p-6. The summed E-state index contributed by atoms with van der Waals surface area (Å²) in [7, 11) is 0. The Morgan fingerprint density at radius 3 is 0.759 bits per heavy atom. The molecule has 0 N–H and O–H groups in total. The van der Waals surface area contributed by atoms with Crippen LogP contribution >= 0.6 is 0 Å². The summed E-state index contributed by atoms with van der Waals surface area (Å²) >= 11 is 0. The maximum Gasteiger partial charge on any atom is 1.00 e. The molecule has 0 radical (unpaired) electrons. The SMILES string of the molecule is O=C([O-])C1C(C(=O)[O-])C(C(=O)[O-])(C(=O)[O-])CC1(C(=O)[O-])C(=O)[O-].[K+].[K+].[K+].[K+].[K+].[K+]. The van der Waals surface area contributed by atoms with Crippen LogP contribution in [0.4, 0.5) is 0 Å². The summed E-state index contributed by atoms with van der Waals surface area (Å²) in [4.78, 5) is 66.6. The van der Waals surface area contributed by atoms with E-state index in [9.17, 15) is 59.4 Å². The molecule has 0 amide bonds. The Bertz CT molecular complexity index is 570. The number of carbonyl (C=O) groups is 6. The minimum absolute atomic E-state index is 0. The van der Waals surface area contributed by atoms with Gasteiger partial charge in [-0.1, -0.05) is 0 Å². The molecule has 1 saturated carbocycles. The molecular formula is C11H4K6O12. The first-order chi connectivity index (χ1) is 10.4. The van der Waals surface area contributed by atoms with Gasteiger partial charge in [0, 0.05) is 23.8 Å². The molecule has 2 atom stereocenters. The number of hydrogen-bond donors (Lipinski definition) is 0. The van der Waals surface area contributed by atoms with E-state index in [1.54, 1.807) is 0 Å². The van der Waals surface area contributed by atoms with Gasteiger partial charge in [-0.3, -0.25) is 0 Å². The van der Waals surface area contributed by atoms with E-state index in [1.165, 1.54) is 0 Å². The summed E-state index contributed by atoms with van der Waals surface area (Å²) in [6.45, 7) is 0. The van der Waals surface area contributed by atoms with Crippen molar-refractivity contribution in [2.75, 3.05) is 0 Å². The van der Waals surface area contributed by atoms with E-state index in [0.717, 1.165) is 0 Å². The quantitative estimate of drug-likeness (QED) is 0.216. The molecule has 0 aromatic heterocycles.